The van der Waals surface area contributed by atoms with Gasteiger partial charge in [-0.05, 0) is 42.0 Å². The van der Waals surface area contributed by atoms with Crippen LogP contribution in [0.3, 0.4) is 0 Å². The van der Waals surface area contributed by atoms with Gasteiger partial charge in [0.15, 0.2) is 0 Å². The minimum absolute atomic E-state index is 0.0677. The van der Waals surface area contributed by atoms with Gasteiger partial charge in [0.2, 0.25) is 5.91 Å². The number of carbonyl (C=O) groups excluding carboxylic acids is 1. The largest absolute Gasteiger partial charge is 0.349 e. The molecule has 1 atom stereocenters. The van der Waals surface area contributed by atoms with E-state index in [1.807, 2.05) is 42.5 Å². The van der Waals surface area contributed by atoms with E-state index in [0.29, 0.717) is 17.4 Å². The molecule has 0 aliphatic heterocycles. The van der Waals surface area contributed by atoms with Gasteiger partial charge in [-0.25, -0.2) is 0 Å². The van der Waals surface area contributed by atoms with E-state index in [0.717, 1.165) is 5.56 Å². The molecule has 2 aromatic carbocycles. The lowest BCUT2D eigenvalue weighted by atomic mass is 10.0. The third kappa shape index (κ3) is 3.85. The average molecular weight is 300 g/mol. The maximum absolute atomic E-state index is 12.3. The molecule has 0 aromatic heterocycles. The highest BCUT2D eigenvalue weighted by molar-refractivity contribution is 6.30. The van der Waals surface area contributed by atoms with Crippen molar-refractivity contribution < 1.29 is 4.79 Å². The summed E-state index contributed by atoms with van der Waals surface area (Å²) in [6, 6.07) is 17.8. The lowest BCUT2D eigenvalue weighted by Crippen LogP contribution is -2.31. The summed E-state index contributed by atoms with van der Waals surface area (Å²) in [5, 5.41) is 3.88. The molecule has 1 amide bonds. The molecule has 0 bridgehead atoms. The fourth-order valence-electron chi connectivity index (χ4n) is 2.58. The second-order valence-electron chi connectivity index (χ2n) is 5.60. The van der Waals surface area contributed by atoms with Gasteiger partial charge in [-0.1, -0.05) is 54.1 Å². The van der Waals surface area contributed by atoms with Crippen LogP contribution in [0.4, 0.5) is 0 Å². The van der Waals surface area contributed by atoms with Crippen molar-refractivity contribution in [3.63, 3.8) is 0 Å². The number of nitrogens with one attached hydrogen (secondary N) is 1. The third-order valence-electron chi connectivity index (χ3n) is 3.85. The Morgan fingerprint density at radius 3 is 2.38 bits per heavy atom. The van der Waals surface area contributed by atoms with Crippen LogP contribution in [0, 0.1) is 5.92 Å². The standard InChI is InChI=1S/C18H18ClNO/c19-16-10-6-13(7-11-16)12-17(21)20-18(15-8-9-15)14-4-2-1-3-5-14/h1-7,10-11,15,18H,8-9,12H2,(H,20,21). The van der Waals surface area contributed by atoms with Crippen molar-refractivity contribution in [3.05, 3.63) is 70.7 Å². The zero-order valence-corrected chi connectivity index (χ0v) is 12.5. The summed E-state index contributed by atoms with van der Waals surface area (Å²) in [4.78, 5) is 12.3. The zero-order valence-electron chi connectivity index (χ0n) is 11.8. The molecule has 1 saturated carbocycles. The maximum Gasteiger partial charge on any atom is 0.224 e. The quantitative estimate of drug-likeness (QED) is 0.883. The van der Waals surface area contributed by atoms with Crippen molar-refractivity contribution in [2.75, 3.05) is 0 Å². The van der Waals surface area contributed by atoms with Crippen LogP contribution in [0.15, 0.2) is 54.6 Å². The van der Waals surface area contributed by atoms with E-state index in [9.17, 15) is 4.79 Å². The van der Waals surface area contributed by atoms with Gasteiger partial charge in [-0.15, -0.1) is 0 Å². The van der Waals surface area contributed by atoms with Crippen LogP contribution in [0.5, 0.6) is 0 Å². The van der Waals surface area contributed by atoms with E-state index in [1.54, 1.807) is 0 Å². The van der Waals surface area contributed by atoms with Gasteiger partial charge in [-0.2, -0.15) is 0 Å². The van der Waals surface area contributed by atoms with E-state index in [4.69, 9.17) is 11.6 Å². The third-order valence-corrected chi connectivity index (χ3v) is 4.10. The van der Waals surface area contributed by atoms with Crippen LogP contribution in [0.2, 0.25) is 5.02 Å². The number of carbonyl (C=O) groups is 1. The second-order valence-corrected chi connectivity index (χ2v) is 6.03. The van der Waals surface area contributed by atoms with Crippen molar-refractivity contribution in [1.82, 2.24) is 5.32 Å². The van der Waals surface area contributed by atoms with Crippen molar-refractivity contribution >= 4 is 17.5 Å². The average Bonchev–Trinajstić information content (AvgIpc) is 3.33. The number of halogens is 1. The summed E-state index contributed by atoms with van der Waals surface area (Å²) >= 11 is 5.86. The number of amides is 1. The Morgan fingerprint density at radius 1 is 1.10 bits per heavy atom. The van der Waals surface area contributed by atoms with Gasteiger partial charge in [0.05, 0.1) is 12.5 Å². The fourth-order valence-corrected chi connectivity index (χ4v) is 2.70. The molecular formula is C18H18ClNO. The molecule has 0 spiro atoms. The van der Waals surface area contributed by atoms with Gasteiger partial charge < -0.3 is 5.32 Å². The summed E-state index contributed by atoms with van der Waals surface area (Å²) in [7, 11) is 0. The molecule has 3 heteroatoms. The highest BCUT2D eigenvalue weighted by Gasteiger charge is 2.33. The Hall–Kier alpha value is -1.80. The molecule has 0 heterocycles. The Balaban J connectivity index is 1.66. The van der Waals surface area contributed by atoms with Crippen molar-refractivity contribution in [3.8, 4) is 0 Å². The van der Waals surface area contributed by atoms with Crippen molar-refractivity contribution in [1.29, 1.82) is 0 Å². The maximum atomic E-state index is 12.3. The topological polar surface area (TPSA) is 29.1 Å². The van der Waals surface area contributed by atoms with Crippen LogP contribution < -0.4 is 5.32 Å². The van der Waals surface area contributed by atoms with E-state index < -0.39 is 0 Å². The molecule has 1 fully saturated rings. The molecule has 1 aliphatic carbocycles. The molecule has 0 radical (unpaired) electrons. The molecule has 2 nitrogen and oxygen atoms in total. The minimum Gasteiger partial charge on any atom is -0.349 e. The first-order valence-electron chi connectivity index (χ1n) is 7.31. The molecule has 108 valence electrons. The lowest BCUT2D eigenvalue weighted by molar-refractivity contribution is -0.121. The van der Waals surface area contributed by atoms with E-state index in [2.05, 4.69) is 17.4 Å². The molecule has 1 N–H and O–H groups in total. The Labute approximate surface area is 130 Å². The lowest BCUT2D eigenvalue weighted by Gasteiger charge is -2.19. The highest BCUT2D eigenvalue weighted by atomic mass is 35.5. The van der Waals surface area contributed by atoms with Crippen molar-refractivity contribution in [2.45, 2.75) is 25.3 Å². The Bertz CT molecular complexity index is 605. The first-order chi connectivity index (χ1) is 10.2. The monoisotopic (exact) mass is 299 g/mol. The predicted octanol–water partition coefficient (Wildman–Crippen LogP) is 4.15. The molecule has 1 aliphatic rings. The first kappa shape index (κ1) is 14.2. The SMILES string of the molecule is O=C(Cc1ccc(Cl)cc1)NC(c1ccccc1)C1CC1. The second kappa shape index (κ2) is 6.31. The van der Waals surface area contributed by atoms with Crippen LogP contribution >= 0.6 is 11.6 Å². The summed E-state index contributed by atoms with van der Waals surface area (Å²) in [6.07, 6.45) is 2.79. The molecular weight excluding hydrogens is 282 g/mol. The van der Waals surface area contributed by atoms with Gasteiger partial charge in [0, 0.05) is 5.02 Å². The molecule has 2 aromatic rings. The Morgan fingerprint density at radius 2 is 1.76 bits per heavy atom. The molecule has 1 unspecified atom stereocenters. The summed E-state index contributed by atoms with van der Waals surface area (Å²) in [5.41, 5.74) is 2.18. The van der Waals surface area contributed by atoms with Gasteiger partial charge in [-0.3, -0.25) is 4.79 Å². The number of rotatable bonds is 5. The smallest absolute Gasteiger partial charge is 0.224 e. The normalized spacial score (nSPS) is 15.5. The first-order valence-corrected chi connectivity index (χ1v) is 7.69. The zero-order chi connectivity index (χ0) is 14.7. The molecule has 0 saturated heterocycles. The van der Waals surface area contributed by atoms with Crippen LogP contribution in [-0.2, 0) is 11.2 Å². The number of hydrogen-bond donors (Lipinski definition) is 1. The van der Waals surface area contributed by atoms with Gasteiger partial charge in [0.1, 0.15) is 0 Å². The molecule has 3 rings (SSSR count). The predicted molar refractivity (Wildman–Crippen MR) is 85.2 cm³/mol. The van der Waals surface area contributed by atoms with E-state index in [1.165, 1.54) is 18.4 Å². The summed E-state index contributed by atoms with van der Waals surface area (Å²) in [6.45, 7) is 0. The van der Waals surface area contributed by atoms with E-state index in [-0.39, 0.29) is 11.9 Å². The summed E-state index contributed by atoms with van der Waals surface area (Å²) in [5.74, 6) is 0.652. The molecule has 21 heavy (non-hydrogen) atoms. The van der Waals surface area contributed by atoms with E-state index >= 15 is 0 Å². The summed E-state index contributed by atoms with van der Waals surface area (Å²) < 4.78 is 0. The number of benzene rings is 2. The van der Waals surface area contributed by atoms with Crippen LogP contribution in [-0.4, -0.2) is 5.91 Å². The number of hydrogen-bond acceptors (Lipinski definition) is 1. The Kier molecular flexibility index (Phi) is 4.26. The van der Waals surface area contributed by atoms with Crippen LogP contribution in [0.25, 0.3) is 0 Å². The minimum atomic E-state index is 0.0677. The van der Waals surface area contributed by atoms with Crippen LogP contribution in [0.1, 0.15) is 30.0 Å². The van der Waals surface area contributed by atoms with Crippen molar-refractivity contribution in [2.24, 2.45) is 5.92 Å². The highest BCUT2D eigenvalue weighted by Crippen LogP contribution is 2.40. The van der Waals surface area contributed by atoms with Gasteiger partial charge in [0.25, 0.3) is 0 Å². The van der Waals surface area contributed by atoms with Gasteiger partial charge >= 0.3 is 0 Å². The fraction of sp³-hybridized carbons (Fsp3) is 0.278.